The van der Waals surface area contributed by atoms with Crippen LogP contribution in [0, 0.1) is 0 Å². The van der Waals surface area contributed by atoms with Gasteiger partial charge in [-0.3, -0.25) is 4.79 Å². The van der Waals surface area contributed by atoms with E-state index >= 15 is 0 Å². The number of carbonyl (C=O) groups is 1. The summed E-state index contributed by atoms with van der Waals surface area (Å²) in [5.74, 6) is 0.112. The molecule has 1 heterocycles. The van der Waals surface area contributed by atoms with E-state index in [9.17, 15) is 9.90 Å². The molecule has 0 amide bonds. The zero-order valence-electron chi connectivity index (χ0n) is 6.65. The van der Waals surface area contributed by atoms with Gasteiger partial charge in [0.1, 0.15) is 12.0 Å². The number of nitrogen functional groups attached to an aromatic ring is 1. The quantitative estimate of drug-likeness (QED) is 0.681. The molecule has 13 heavy (non-hydrogen) atoms. The van der Waals surface area contributed by atoms with E-state index in [0.717, 1.165) is 10.1 Å². The molecule has 66 valence electrons. The van der Waals surface area contributed by atoms with E-state index in [1.54, 1.807) is 12.1 Å². The third-order valence-electron chi connectivity index (χ3n) is 1.77. The van der Waals surface area contributed by atoms with Crippen molar-refractivity contribution in [2.75, 3.05) is 5.73 Å². The maximum absolute atomic E-state index is 10.5. The number of nitrogens with two attached hydrogens (primary N) is 1. The molecule has 1 aromatic heterocycles. The van der Waals surface area contributed by atoms with Gasteiger partial charge >= 0.3 is 0 Å². The highest BCUT2D eigenvalue weighted by Crippen LogP contribution is 2.34. The van der Waals surface area contributed by atoms with Crippen LogP contribution >= 0.6 is 11.3 Å². The number of fused-ring (bicyclic) bond motifs is 1. The fraction of sp³-hybridized carbons (Fsp3) is 0. The molecule has 0 aliphatic carbocycles. The Morgan fingerprint density at radius 1 is 1.38 bits per heavy atom. The summed E-state index contributed by atoms with van der Waals surface area (Å²) in [6, 6.07) is 4.88. The Hall–Kier alpha value is -1.55. The number of aldehydes is 1. The monoisotopic (exact) mass is 193 g/mol. The number of hydrogen-bond donors (Lipinski definition) is 2. The van der Waals surface area contributed by atoms with E-state index in [4.69, 9.17) is 5.73 Å². The van der Waals surface area contributed by atoms with E-state index in [0.29, 0.717) is 16.9 Å². The van der Waals surface area contributed by atoms with Crippen molar-refractivity contribution in [3.8, 4) is 5.75 Å². The van der Waals surface area contributed by atoms with Crippen LogP contribution in [0.4, 0.5) is 5.00 Å². The van der Waals surface area contributed by atoms with Crippen LogP contribution in [0.1, 0.15) is 10.4 Å². The molecule has 0 atom stereocenters. The van der Waals surface area contributed by atoms with Crippen molar-refractivity contribution in [1.29, 1.82) is 0 Å². The highest BCUT2D eigenvalue weighted by Gasteiger charge is 2.05. The Morgan fingerprint density at radius 3 is 2.85 bits per heavy atom. The topological polar surface area (TPSA) is 63.3 Å². The van der Waals surface area contributed by atoms with Crippen LogP contribution in [0.25, 0.3) is 10.1 Å². The second-order valence-electron chi connectivity index (χ2n) is 2.73. The summed E-state index contributed by atoms with van der Waals surface area (Å²) in [5, 5.41) is 10.9. The van der Waals surface area contributed by atoms with Gasteiger partial charge in [-0.05, 0) is 23.6 Å². The Labute approximate surface area is 78.4 Å². The van der Waals surface area contributed by atoms with E-state index in [2.05, 4.69) is 0 Å². The zero-order valence-corrected chi connectivity index (χ0v) is 7.47. The van der Waals surface area contributed by atoms with Crippen LogP contribution in [0.5, 0.6) is 5.75 Å². The third-order valence-corrected chi connectivity index (χ3v) is 2.78. The minimum absolute atomic E-state index is 0.112. The van der Waals surface area contributed by atoms with Crippen molar-refractivity contribution in [1.82, 2.24) is 0 Å². The van der Waals surface area contributed by atoms with Crippen LogP contribution in [0.15, 0.2) is 18.2 Å². The highest BCUT2D eigenvalue weighted by molar-refractivity contribution is 7.23. The molecule has 2 aromatic rings. The summed E-state index contributed by atoms with van der Waals surface area (Å²) < 4.78 is 0.725. The first-order valence-electron chi connectivity index (χ1n) is 3.68. The summed E-state index contributed by atoms with van der Waals surface area (Å²) in [7, 11) is 0. The van der Waals surface area contributed by atoms with Gasteiger partial charge in [0.2, 0.25) is 0 Å². The lowest BCUT2D eigenvalue weighted by Crippen LogP contribution is -1.77. The van der Waals surface area contributed by atoms with Crippen molar-refractivity contribution in [3.05, 3.63) is 23.8 Å². The molecule has 0 spiro atoms. The molecule has 4 heteroatoms. The molecule has 0 aliphatic rings. The summed E-state index contributed by atoms with van der Waals surface area (Å²) in [6.45, 7) is 0. The summed E-state index contributed by atoms with van der Waals surface area (Å²) >= 11 is 1.31. The van der Waals surface area contributed by atoms with Gasteiger partial charge < -0.3 is 10.8 Å². The number of rotatable bonds is 1. The molecule has 0 unspecified atom stereocenters. The summed E-state index contributed by atoms with van der Waals surface area (Å²) in [5.41, 5.74) is 6.03. The van der Waals surface area contributed by atoms with Crippen LogP contribution in [0.2, 0.25) is 0 Å². The third kappa shape index (κ3) is 1.25. The van der Waals surface area contributed by atoms with Crippen LogP contribution in [-0.4, -0.2) is 11.4 Å². The molecular weight excluding hydrogens is 186 g/mol. The number of anilines is 1. The van der Waals surface area contributed by atoms with E-state index < -0.39 is 0 Å². The van der Waals surface area contributed by atoms with Crippen molar-refractivity contribution in [2.45, 2.75) is 0 Å². The zero-order chi connectivity index (χ0) is 9.42. The lowest BCUT2D eigenvalue weighted by molar-refractivity contribution is 0.112. The van der Waals surface area contributed by atoms with Crippen molar-refractivity contribution in [3.63, 3.8) is 0 Å². The molecule has 0 radical (unpaired) electrons. The van der Waals surface area contributed by atoms with Crippen molar-refractivity contribution in [2.24, 2.45) is 0 Å². The van der Waals surface area contributed by atoms with Crippen LogP contribution in [0.3, 0.4) is 0 Å². The number of benzene rings is 1. The highest BCUT2D eigenvalue weighted by atomic mass is 32.1. The Kier molecular flexibility index (Phi) is 1.70. The molecule has 0 saturated heterocycles. The predicted molar refractivity (Wildman–Crippen MR) is 53.3 cm³/mol. The first kappa shape index (κ1) is 8.07. The van der Waals surface area contributed by atoms with E-state index in [1.165, 1.54) is 17.4 Å². The molecule has 0 fully saturated rings. The molecule has 1 aromatic carbocycles. The van der Waals surface area contributed by atoms with E-state index in [1.807, 2.05) is 0 Å². The van der Waals surface area contributed by atoms with Gasteiger partial charge in [-0.1, -0.05) is 0 Å². The summed E-state index contributed by atoms with van der Waals surface area (Å²) in [4.78, 5) is 10.5. The SMILES string of the molecule is Nc1cc2cc(C=O)cc(O)c2s1. The molecule has 2 rings (SSSR count). The number of phenols is 1. The smallest absolute Gasteiger partial charge is 0.150 e. The van der Waals surface area contributed by atoms with Gasteiger partial charge in [0.25, 0.3) is 0 Å². The second kappa shape index (κ2) is 2.74. The van der Waals surface area contributed by atoms with Gasteiger partial charge in [0.05, 0.1) is 9.70 Å². The van der Waals surface area contributed by atoms with Crippen LogP contribution in [-0.2, 0) is 0 Å². The molecule has 0 saturated carbocycles. The molecule has 3 nitrogen and oxygen atoms in total. The first-order valence-corrected chi connectivity index (χ1v) is 4.49. The largest absolute Gasteiger partial charge is 0.506 e. The van der Waals surface area contributed by atoms with Gasteiger partial charge in [0.15, 0.2) is 0 Å². The summed E-state index contributed by atoms with van der Waals surface area (Å²) in [6.07, 6.45) is 0.701. The van der Waals surface area contributed by atoms with Gasteiger partial charge in [-0.15, -0.1) is 11.3 Å². The van der Waals surface area contributed by atoms with Gasteiger partial charge in [0, 0.05) is 5.56 Å². The van der Waals surface area contributed by atoms with Gasteiger partial charge in [-0.25, -0.2) is 0 Å². The number of phenolic OH excluding ortho intramolecular Hbond substituents is 1. The first-order chi connectivity index (χ1) is 6.20. The maximum atomic E-state index is 10.5. The normalized spacial score (nSPS) is 10.5. The van der Waals surface area contributed by atoms with Gasteiger partial charge in [-0.2, -0.15) is 0 Å². The average molecular weight is 193 g/mol. The number of thiophene rings is 1. The molecular formula is C9H7NO2S. The van der Waals surface area contributed by atoms with Crippen molar-refractivity contribution >= 4 is 32.7 Å². The average Bonchev–Trinajstić information content (AvgIpc) is 2.46. The predicted octanol–water partition coefficient (Wildman–Crippen LogP) is 2.00. The Morgan fingerprint density at radius 2 is 2.15 bits per heavy atom. The number of carbonyl (C=O) groups excluding carboxylic acids is 1. The van der Waals surface area contributed by atoms with Crippen molar-refractivity contribution < 1.29 is 9.90 Å². The molecule has 0 aliphatic heterocycles. The van der Waals surface area contributed by atoms with E-state index in [-0.39, 0.29) is 5.75 Å². The lowest BCUT2D eigenvalue weighted by Gasteiger charge is -1.95. The minimum Gasteiger partial charge on any atom is -0.506 e. The standard InChI is InChI=1S/C9H7NO2S/c10-8-3-6-1-5(4-11)2-7(12)9(6)13-8/h1-4,12H,10H2. The Bertz CT molecular complexity index is 476. The number of hydrogen-bond acceptors (Lipinski definition) is 4. The number of aromatic hydroxyl groups is 1. The maximum Gasteiger partial charge on any atom is 0.150 e. The fourth-order valence-electron chi connectivity index (χ4n) is 1.25. The molecule has 3 N–H and O–H groups in total. The molecule has 0 bridgehead atoms. The second-order valence-corrected chi connectivity index (χ2v) is 3.81. The van der Waals surface area contributed by atoms with Crippen LogP contribution < -0.4 is 5.73 Å². The Balaban J connectivity index is 2.82. The fourth-order valence-corrected chi connectivity index (χ4v) is 2.07. The lowest BCUT2D eigenvalue weighted by atomic mass is 10.2. The minimum atomic E-state index is 0.112.